The Labute approximate surface area is 113 Å². The third-order valence-corrected chi connectivity index (χ3v) is 3.44. The number of alkyl halides is 3. The Bertz CT molecular complexity index is 496. The Hall–Kier alpha value is -1.99. The number of nitrogens with two attached hydrogens (primary N) is 1. The molecule has 0 saturated carbocycles. The predicted molar refractivity (Wildman–Crippen MR) is 67.7 cm³/mol. The van der Waals surface area contributed by atoms with E-state index < -0.39 is 12.1 Å². The lowest BCUT2D eigenvalue weighted by atomic mass is 9.96. The molecule has 0 spiro atoms. The Morgan fingerprint density at radius 3 is 2.60 bits per heavy atom. The normalized spacial score (nSPS) is 18.4. The first-order chi connectivity index (χ1) is 9.41. The molecule has 1 fully saturated rings. The van der Waals surface area contributed by atoms with Crippen molar-refractivity contribution in [1.29, 1.82) is 0 Å². The van der Waals surface area contributed by atoms with Gasteiger partial charge >= 0.3 is 6.18 Å². The van der Waals surface area contributed by atoms with Gasteiger partial charge in [-0.25, -0.2) is 0 Å². The molecule has 1 aliphatic rings. The highest BCUT2D eigenvalue weighted by Crippen LogP contribution is 2.35. The lowest BCUT2D eigenvalue weighted by Crippen LogP contribution is -2.39. The molecular formula is C12H15F3N4O. The maximum atomic E-state index is 12.6. The topological polar surface area (TPSA) is 74.7 Å². The average molecular weight is 288 g/mol. The van der Waals surface area contributed by atoms with Gasteiger partial charge in [-0.3, -0.25) is 4.98 Å². The number of amidine groups is 1. The van der Waals surface area contributed by atoms with Crippen LogP contribution in [0.4, 0.5) is 18.9 Å². The highest BCUT2D eigenvalue weighted by atomic mass is 19.4. The molecule has 0 atom stereocenters. The maximum absolute atomic E-state index is 12.6. The minimum atomic E-state index is -4.12. The number of nitrogens with zero attached hydrogens (tertiary/aromatic N) is 3. The van der Waals surface area contributed by atoms with Crippen molar-refractivity contribution in [2.75, 3.05) is 18.0 Å². The quantitative estimate of drug-likeness (QED) is 0.377. The molecule has 0 radical (unpaired) electrons. The summed E-state index contributed by atoms with van der Waals surface area (Å²) in [5, 5.41) is 11.5. The predicted octanol–water partition coefficient (Wildman–Crippen LogP) is 1.95. The molecule has 1 aromatic heterocycles. The fourth-order valence-corrected chi connectivity index (χ4v) is 2.27. The van der Waals surface area contributed by atoms with Gasteiger partial charge in [-0.1, -0.05) is 5.16 Å². The largest absolute Gasteiger partial charge is 0.409 e. The van der Waals surface area contributed by atoms with Crippen molar-refractivity contribution in [3.05, 3.63) is 24.0 Å². The number of aromatic nitrogens is 1. The SMILES string of the molecule is NC(=NO)c1cc(N2CCC(C(F)(F)F)CC2)ccn1. The zero-order valence-corrected chi connectivity index (χ0v) is 10.6. The van der Waals surface area contributed by atoms with Gasteiger partial charge in [0.05, 0.1) is 5.92 Å². The summed E-state index contributed by atoms with van der Waals surface area (Å²) in [6.07, 6.45) is -2.49. The first-order valence-corrected chi connectivity index (χ1v) is 6.17. The smallest absolute Gasteiger partial charge is 0.391 e. The van der Waals surface area contributed by atoms with E-state index in [1.54, 1.807) is 12.1 Å². The first kappa shape index (κ1) is 14.4. The monoisotopic (exact) mass is 288 g/mol. The van der Waals surface area contributed by atoms with Crippen LogP contribution in [-0.4, -0.2) is 35.3 Å². The van der Waals surface area contributed by atoms with Crippen molar-refractivity contribution >= 4 is 11.5 Å². The van der Waals surface area contributed by atoms with Crippen LogP contribution in [0.1, 0.15) is 18.5 Å². The molecule has 0 aromatic carbocycles. The molecule has 1 aliphatic heterocycles. The first-order valence-electron chi connectivity index (χ1n) is 6.17. The second-order valence-electron chi connectivity index (χ2n) is 4.69. The molecule has 0 unspecified atom stereocenters. The van der Waals surface area contributed by atoms with E-state index in [0.29, 0.717) is 18.8 Å². The van der Waals surface area contributed by atoms with Crippen molar-refractivity contribution in [1.82, 2.24) is 4.98 Å². The molecule has 0 amide bonds. The van der Waals surface area contributed by atoms with Crippen LogP contribution in [0, 0.1) is 5.92 Å². The van der Waals surface area contributed by atoms with E-state index >= 15 is 0 Å². The number of pyridine rings is 1. The summed E-state index contributed by atoms with van der Waals surface area (Å²) >= 11 is 0. The standard InChI is InChI=1S/C12H15F3N4O/c13-12(14,15)8-2-5-19(6-3-8)9-1-4-17-10(7-9)11(16)18-20/h1,4,7-8,20H,2-3,5-6H2,(H2,16,18). The van der Waals surface area contributed by atoms with Crippen molar-refractivity contribution in [2.24, 2.45) is 16.8 Å². The van der Waals surface area contributed by atoms with E-state index in [2.05, 4.69) is 10.1 Å². The van der Waals surface area contributed by atoms with Crippen LogP contribution in [0.2, 0.25) is 0 Å². The van der Waals surface area contributed by atoms with Crippen LogP contribution in [0.5, 0.6) is 0 Å². The third-order valence-electron chi connectivity index (χ3n) is 3.44. The van der Waals surface area contributed by atoms with Gasteiger partial charge in [0.1, 0.15) is 5.69 Å². The van der Waals surface area contributed by atoms with Crippen molar-refractivity contribution < 1.29 is 18.4 Å². The van der Waals surface area contributed by atoms with E-state index in [1.807, 2.05) is 4.90 Å². The Balaban J connectivity index is 2.08. The summed E-state index contributed by atoms with van der Waals surface area (Å²) in [5.41, 5.74) is 6.46. The van der Waals surface area contributed by atoms with Gasteiger partial charge in [-0.2, -0.15) is 13.2 Å². The van der Waals surface area contributed by atoms with Crippen LogP contribution in [0.15, 0.2) is 23.5 Å². The van der Waals surface area contributed by atoms with Gasteiger partial charge in [0.25, 0.3) is 0 Å². The Kier molecular flexibility index (Phi) is 4.01. The summed E-state index contributed by atoms with van der Waals surface area (Å²) in [6.45, 7) is 0.646. The van der Waals surface area contributed by atoms with Gasteiger partial charge in [0, 0.05) is 25.0 Å². The lowest BCUT2D eigenvalue weighted by Gasteiger charge is -2.34. The molecule has 2 rings (SSSR count). The van der Waals surface area contributed by atoms with Crippen molar-refractivity contribution in [3.63, 3.8) is 0 Å². The second-order valence-corrected chi connectivity index (χ2v) is 4.69. The highest BCUT2D eigenvalue weighted by molar-refractivity contribution is 5.95. The molecule has 1 saturated heterocycles. The molecular weight excluding hydrogens is 273 g/mol. The van der Waals surface area contributed by atoms with Crippen molar-refractivity contribution in [3.8, 4) is 0 Å². The summed E-state index contributed by atoms with van der Waals surface area (Å²) in [7, 11) is 0. The number of hydrogen-bond acceptors (Lipinski definition) is 4. The third kappa shape index (κ3) is 3.12. The van der Waals surface area contributed by atoms with Gasteiger partial charge in [0.15, 0.2) is 5.84 Å². The number of halogens is 3. The van der Waals surface area contributed by atoms with Crippen molar-refractivity contribution in [2.45, 2.75) is 19.0 Å². The summed E-state index contributed by atoms with van der Waals surface area (Å²) < 4.78 is 37.8. The number of oxime groups is 1. The Morgan fingerprint density at radius 2 is 2.05 bits per heavy atom. The highest BCUT2D eigenvalue weighted by Gasteiger charge is 2.41. The summed E-state index contributed by atoms with van der Waals surface area (Å²) in [6, 6.07) is 3.30. The molecule has 2 heterocycles. The molecule has 110 valence electrons. The molecule has 20 heavy (non-hydrogen) atoms. The number of anilines is 1. The lowest BCUT2D eigenvalue weighted by molar-refractivity contribution is -0.179. The fraction of sp³-hybridized carbons (Fsp3) is 0.500. The molecule has 3 N–H and O–H groups in total. The van der Waals surface area contributed by atoms with E-state index in [1.165, 1.54) is 6.20 Å². The van der Waals surface area contributed by atoms with Gasteiger partial charge in [0.2, 0.25) is 0 Å². The van der Waals surface area contributed by atoms with Crippen LogP contribution < -0.4 is 10.6 Å². The van der Waals surface area contributed by atoms with Gasteiger partial charge in [-0.15, -0.1) is 0 Å². The van der Waals surface area contributed by atoms with Crippen LogP contribution >= 0.6 is 0 Å². The minimum Gasteiger partial charge on any atom is -0.409 e. The summed E-state index contributed by atoms with van der Waals surface area (Å²) in [5.74, 6) is -1.36. The summed E-state index contributed by atoms with van der Waals surface area (Å²) in [4.78, 5) is 5.78. The fourth-order valence-electron chi connectivity index (χ4n) is 2.27. The van der Waals surface area contributed by atoms with E-state index in [9.17, 15) is 13.2 Å². The van der Waals surface area contributed by atoms with E-state index in [4.69, 9.17) is 10.9 Å². The molecule has 5 nitrogen and oxygen atoms in total. The van der Waals surface area contributed by atoms with Gasteiger partial charge in [-0.05, 0) is 25.0 Å². The average Bonchev–Trinajstić information content (AvgIpc) is 2.46. The number of hydrogen-bond donors (Lipinski definition) is 2. The second kappa shape index (κ2) is 5.56. The molecule has 0 bridgehead atoms. The van der Waals surface area contributed by atoms with E-state index in [-0.39, 0.29) is 18.7 Å². The van der Waals surface area contributed by atoms with E-state index in [0.717, 1.165) is 5.69 Å². The Morgan fingerprint density at radius 1 is 1.40 bits per heavy atom. The molecule has 1 aromatic rings. The zero-order chi connectivity index (χ0) is 14.8. The number of piperidine rings is 1. The van der Waals surface area contributed by atoms with Crippen LogP contribution in [-0.2, 0) is 0 Å². The zero-order valence-electron chi connectivity index (χ0n) is 10.6. The molecule has 0 aliphatic carbocycles. The molecule has 8 heteroatoms. The van der Waals surface area contributed by atoms with Crippen LogP contribution in [0.25, 0.3) is 0 Å². The van der Waals surface area contributed by atoms with Crippen LogP contribution in [0.3, 0.4) is 0 Å². The maximum Gasteiger partial charge on any atom is 0.391 e. The minimum absolute atomic E-state index is 0.0741. The van der Waals surface area contributed by atoms with Gasteiger partial charge < -0.3 is 15.8 Å². The number of rotatable bonds is 2.